The first kappa shape index (κ1) is 21.4. The average molecular weight is 465 g/mol. The fourth-order valence-corrected chi connectivity index (χ4v) is 5.64. The summed E-state index contributed by atoms with van der Waals surface area (Å²) in [4.78, 5) is 18.1. The van der Waals surface area contributed by atoms with Crippen LogP contribution in [0.1, 0.15) is 11.7 Å². The lowest BCUT2D eigenvalue weighted by molar-refractivity contribution is -0.129. The highest BCUT2D eigenvalue weighted by atomic mass is 35.5. The van der Waals surface area contributed by atoms with Gasteiger partial charge in [0.1, 0.15) is 4.90 Å². The first-order chi connectivity index (χ1) is 13.3. The van der Waals surface area contributed by atoms with Crippen LogP contribution < -0.4 is 0 Å². The van der Waals surface area contributed by atoms with E-state index in [0.29, 0.717) is 30.6 Å². The van der Waals surface area contributed by atoms with Gasteiger partial charge < -0.3 is 9.42 Å². The lowest BCUT2D eigenvalue weighted by atomic mass is 10.3. The number of halogens is 2. The molecule has 152 valence electrons. The van der Waals surface area contributed by atoms with Gasteiger partial charge in [-0.05, 0) is 12.1 Å². The molecule has 0 saturated carbocycles. The van der Waals surface area contributed by atoms with E-state index in [1.807, 2.05) is 0 Å². The van der Waals surface area contributed by atoms with Crippen LogP contribution in [0.2, 0.25) is 10.0 Å². The summed E-state index contributed by atoms with van der Waals surface area (Å²) in [5.41, 5.74) is 0. The third-order valence-corrected chi connectivity index (χ3v) is 7.94. The molecule has 8 nitrogen and oxygen atoms in total. The lowest BCUT2D eigenvalue weighted by Crippen LogP contribution is -2.51. The maximum Gasteiger partial charge on any atom is 0.244 e. The highest BCUT2D eigenvalue weighted by molar-refractivity contribution is 7.99. The van der Waals surface area contributed by atoms with Crippen LogP contribution in [0.25, 0.3) is 0 Å². The number of carbonyl (C=O) groups excluding carboxylic acids is 1. The minimum atomic E-state index is -3.77. The highest BCUT2D eigenvalue weighted by Crippen LogP contribution is 2.31. The van der Waals surface area contributed by atoms with Crippen molar-refractivity contribution in [3.63, 3.8) is 0 Å². The van der Waals surface area contributed by atoms with Crippen LogP contribution in [0.4, 0.5) is 0 Å². The van der Waals surface area contributed by atoms with Crippen molar-refractivity contribution in [2.45, 2.75) is 17.6 Å². The Balaban J connectivity index is 1.53. The minimum Gasteiger partial charge on any atom is -0.340 e. The molecular weight excluding hydrogens is 447 g/mol. The number of aryl methyl sites for hydroxylation is 1. The van der Waals surface area contributed by atoms with Crippen molar-refractivity contribution in [2.75, 3.05) is 31.9 Å². The molecule has 0 atom stereocenters. The number of nitrogens with zero attached hydrogens (tertiary/aromatic N) is 4. The van der Waals surface area contributed by atoms with Gasteiger partial charge in [-0.1, -0.05) is 34.4 Å². The van der Waals surface area contributed by atoms with E-state index >= 15 is 0 Å². The molecule has 1 aromatic heterocycles. The SMILES string of the molecule is Cc1nc(CSCC(=O)N2CCN(S(=O)(=O)c3cccc(Cl)c3Cl)CC2)no1. The molecule has 1 saturated heterocycles. The zero-order chi connectivity index (χ0) is 20.3. The molecule has 0 aliphatic carbocycles. The smallest absolute Gasteiger partial charge is 0.244 e. The van der Waals surface area contributed by atoms with Crippen molar-refractivity contribution in [1.82, 2.24) is 19.3 Å². The van der Waals surface area contributed by atoms with Crippen LogP contribution >= 0.6 is 35.0 Å². The minimum absolute atomic E-state index is 0.00998. The Morgan fingerprint density at radius 2 is 1.96 bits per heavy atom. The number of piperazine rings is 1. The summed E-state index contributed by atoms with van der Waals surface area (Å²) in [6.45, 7) is 2.74. The monoisotopic (exact) mass is 464 g/mol. The Kier molecular flexibility index (Phi) is 6.87. The molecule has 2 heterocycles. The number of hydrogen-bond donors (Lipinski definition) is 0. The zero-order valence-corrected chi connectivity index (χ0v) is 18.1. The summed E-state index contributed by atoms with van der Waals surface area (Å²) < 4.78 is 31.8. The molecule has 1 amide bonds. The van der Waals surface area contributed by atoms with E-state index in [2.05, 4.69) is 10.1 Å². The summed E-state index contributed by atoms with van der Waals surface area (Å²) in [6.07, 6.45) is 0. The lowest BCUT2D eigenvalue weighted by Gasteiger charge is -2.34. The van der Waals surface area contributed by atoms with Crippen molar-refractivity contribution < 1.29 is 17.7 Å². The maximum absolute atomic E-state index is 12.8. The summed E-state index contributed by atoms with van der Waals surface area (Å²) in [7, 11) is -3.77. The van der Waals surface area contributed by atoms with Gasteiger partial charge in [-0.25, -0.2) is 8.42 Å². The number of sulfonamides is 1. The number of amides is 1. The highest BCUT2D eigenvalue weighted by Gasteiger charge is 2.31. The van der Waals surface area contributed by atoms with Crippen molar-refractivity contribution in [3.8, 4) is 0 Å². The molecule has 3 rings (SSSR count). The summed E-state index contributed by atoms with van der Waals surface area (Å²) in [6, 6.07) is 4.51. The number of rotatable bonds is 6. The second kappa shape index (κ2) is 9.00. The Labute approximate surface area is 177 Å². The number of thioether (sulfide) groups is 1. The van der Waals surface area contributed by atoms with Gasteiger partial charge in [0.05, 0.1) is 21.6 Å². The Morgan fingerprint density at radius 1 is 1.25 bits per heavy atom. The molecule has 0 spiro atoms. The van der Waals surface area contributed by atoms with Gasteiger partial charge in [0.2, 0.25) is 21.8 Å². The van der Waals surface area contributed by atoms with Crippen LogP contribution in [0.15, 0.2) is 27.6 Å². The molecule has 1 fully saturated rings. The average Bonchev–Trinajstić information content (AvgIpc) is 3.09. The molecule has 0 N–H and O–H groups in total. The topological polar surface area (TPSA) is 96.6 Å². The largest absolute Gasteiger partial charge is 0.340 e. The fourth-order valence-electron chi connectivity index (χ4n) is 2.72. The third-order valence-electron chi connectivity index (χ3n) is 4.15. The maximum atomic E-state index is 12.8. The number of benzene rings is 1. The fraction of sp³-hybridized carbons (Fsp3) is 0.438. The number of hydrogen-bond acceptors (Lipinski definition) is 7. The predicted octanol–water partition coefficient (Wildman–Crippen LogP) is 2.45. The number of aromatic nitrogens is 2. The standard InChI is InChI=1S/C16H18Cl2N4O4S2/c1-11-19-14(20-26-11)9-27-10-15(23)21-5-7-22(8-6-21)28(24,25)13-4-2-3-12(17)16(13)18/h2-4H,5-10H2,1H3. The van der Waals surface area contributed by atoms with Crippen LogP contribution in [0.5, 0.6) is 0 Å². The van der Waals surface area contributed by atoms with Gasteiger partial charge >= 0.3 is 0 Å². The van der Waals surface area contributed by atoms with Gasteiger partial charge in [0.25, 0.3) is 0 Å². The molecule has 12 heteroatoms. The van der Waals surface area contributed by atoms with Gasteiger partial charge in [-0.15, -0.1) is 11.8 Å². The van der Waals surface area contributed by atoms with Gasteiger partial charge in [-0.2, -0.15) is 9.29 Å². The number of carbonyl (C=O) groups is 1. The van der Waals surface area contributed by atoms with Crippen molar-refractivity contribution >= 4 is 50.9 Å². The summed E-state index contributed by atoms with van der Waals surface area (Å²) in [5, 5.41) is 3.97. The van der Waals surface area contributed by atoms with Crippen LogP contribution in [0, 0.1) is 6.92 Å². The van der Waals surface area contributed by atoms with Crippen molar-refractivity contribution in [1.29, 1.82) is 0 Å². The first-order valence-corrected chi connectivity index (χ1v) is 11.7. The quantitative estimate of drug-likeness (QED) is 0.647. The van der Waals surface area contributed by atoms with E-state index in [4.69, 9.17) is 27.7 Å². The molecule has 0 bridgehead atoms. The van der Waals surface area contributed by atoms with Gasteiger partial charge in [-0.3, -0.25) is 4.79 Å². The zero-order valence-electron chi connectivity index (χ0n) is 15.0. The van der Waals surface area contributed by atoms with E-state index in [1.54, 1.807) is 17.9 Å². The first-order valence-electron chi connectivity index (χ1n) is 8.38. The van der Waals surface area contributed by atoms with E-state index in [-0.39, 0.29) is 39.7 Å². The van der Waals surface area contributed by atoms with Gasteiger partial charge in [0.15, 0.2) is 5.82 Å². The van der Waals surface area contributed by atoms with E-state index in [9.17, 15) is 13.2 Å². The normalized spacial score (nSPS) is 15.8. The second-order valence-corrected chi connectivity index (χ2v) is 9.74. The molecule has 0 unspecified atom stereocenters. The summed E-state index contributed by atoms with van der Waals surface area (Å²) in [5.74, 6) is 1.72. The van der Waals surface area contributed by atoms with E-state index in [1.165, 1.54) is 28.2 Å². The third kappa shape index (κ3) is 4.80. The van der Waals surface area contributed by atoms with E-state index in [0.717, 1.165) is 0 Å². The predicted molar refractivity (Wildman–Crippen MR) is 107 cm³/mol. The molecule has 1 aromatic carbocycles. The van der Waals surface area contributed by atoms with Crippen molar-refractivity contribution in [3.05, 3.63) is 40.0 Å². The van der Waals surface area contributed by atoms with Crippen LogP contribution in [0.3, 0.4) is 0 Å². The molecule has 1 aliphatic heterocycles. The molecular formula is C16H18Cl2N4O4S2. The Morgan fingerprint density at radius 3 is 2.61 bits per heavy atom. The molecule has 2 aromatic rings. The second-order valence-electron chi connectivity index (χ2n) is 6.06. The summed E-state index contributed by atoms with van der Waals surface area (Å²) >= 11 is 13.4. The molecule has 1 aliphatic rings. The van der Waals surface area contributed by atoms with Gasteiger partial charge in [0, 0.05) is 33.1 Å². The Bertz CT molecular complexity index is 959. The van der Waals surface area contributed by atoms with E-state index < -0.39 is 10.0 Å². The van der Waals surface area contributed by atoms with Crippen molar-refractivity contribution in [2.24, 2.45) is 0 Å². The Hall–Kier alpha value is -1.33. The molecule has 28 heavy (non-hydrogen) atoms. The van der Waals surface area contributed by atoms with Crippen LogP contribution in [-0.4, -0.2) is 65.6 Å². The van der Waals surface area contributed by atoms with Crippen LogP contribution in [-0.2, 0) is 20.6 Å². The molecule has 0 radical (unpaired) electrons.